The minimum absolute atomic E-state index is 0.209. The molecule has 0 aliphatic carbocycles. The molecule has 0 radical (unpaired) electrons. The number of fused-ring (bicyclic) bond motifs is 1. The second-order valence-electron chi connectivity index (χ2n) is 6.68. The lowest BCUT2D eigenvalue weighted by Gasteiger charge is -2.15. The first-order valence-corrected chi connectivity index (χ1v) is 8.73. The topological polar surface area (TPSA) is 66.5 Å². The Labute approximate surface area is 154 Å². The number of anilines is 1. The van der Waals surface area contributed by atoms with E-state index in [-0.39, 0.29) is 11.3 Å². The van der Waals surface area contributed by atoms with E-state index in [2.05, 4.69) is 26.8 Å². The molecule has 0 fully saturated rings. The first-order chi connectivity index (χ1) is 12.3. The highest BCUT2D eigenvalue weighted by molar-refractivity contribution is 5.90. The fraction of sp³-hybridized carbons (Fsp3) is 0.381. The van der Waals surface area contributed by atoms with Crippen molar-refractivity contribution in [2.45, 2.75) is 33.6 Å². The lowest BCUT2D eigenvalue weighted by molar-refractivity contribution is 0.325. The number of allylic oxidation sites excluding steroid dienone is 3. The summed E-state index contributed by atoms with van der Waals surface area (Å²) < 4.78 is 12.8. The molecule has 2 N–H and O–H groups in total. The average Bonchev–Trinajstić information content (AvgIpc) is 2.59. The van der Waals surface area contributed by atoms with Gasteiger partial charge in [0.2, 0.25) is 5.75 Å². The van der Waals surface area contributed by atoms with Crippen molar-refractivity contribution in [3.8, 4) is 11.5 Å². The maximum atomic E-state index is 12.5. The highest BCUT2D eigenvalue weighted by Gasteiger charge is 2.17. The van der Waals surface area contributed by atoms with Gasteiger partial charge in [0.25, 0.3) is 5.56 Å². The molecule has 0 unspecified atom stereocenters. The first-order valence-electron chi connectivity index (χ1n) is 8.73. The Kier molecular flexibility index (Phi) is 6.50. The zero-order chi connectivity index (χ0) is 19.3. The number of rotatable bonds is 7. The third kappa shape index (κ3) is 4.48. The fourth-order valence-corrected chi connectivity index (χ4v) is 2.78. The summed E-state index contributed by atoms with van der Waals surface area (Å²) in [6.07, 6.45) is 6.26. The maximum absolute atomic E-state index is 12.5. The number of aromatic nitrogens is 1. The molecule has 5 heteroatoms. The van der Waals surface area contributed by atoms with E-state index >= 15 is 0 Å². The molecular formula is C21H28N2O3. The van der Waals surface area contributed by atoms with Gasteiger partial charge in [-0.15, -0.1) is 0 Å². The predicted octanol–water partition coefficient (Wildman–Crippen LogP) is 4.20. The van der Waals surface area contributed by atoms with Crippen molar-refractivity contribution in [2.24, 2.45) is 7.05 Å². The number of nitrogens with two attached hydrogens (primary N) is 1. The Morgan fingerprint density at radius 1 is 1.19 bits per heavy atom. The van der Waals surface area contributed by atoms with E-state index in [0.717, 1.165) is 23.7 Å². The SMILES string of the molecule is COc1c(OC/C=C(\C)CCC=C(C)C)c2ccc(N)cc2n(C)c1=O. The zero-order valence-corrected chi connectivity index (χ0v) is 16.3. The van der Waals surface area contributed by atoms with Crippen molar-refractivity contribution in [1.29, 1.82) is 0 Å². The zero-order valence-electron chi connectivity index (χ0n) is 16.3. The summed E-state index contributed by atoms with van der Waals surface area (Å²) in [5.41, 5.74) is 9.51. The van der Waals surface area contributed by atoms with E-state index in [0.29, 0.717) is 18.0 Å². The van der Waals surface area contributed by atoms with Gasteiger partial charge in [-0.25, -0.2) is 0 Å². The van der Waals surface area contributed by atoms with Crippen molar-refractivity contribution in [3.63, 3.8) is 0 Å². The van der Waals surface area contributed by atoms with Gasteiger partial charge >= 0.3 is 0 Å². The highest BCUT2D eigenvalue weighted by atomic mass is 16.5. The molecule has 0 bridgehead atoms. The number of benzene rings is 1. The largest absolute Gasteiger partial charge is 0.488 e. The molecule has 0 saturated carbocycles. The number of pyridine rings is 1. The van der Waals surface area contributed by atoms with Crippen LogP contribution in [0.15, 0.2) is 46.3 Å². The standard InChI is InChI=1S/C21H28N2O3/c1-14(2)7-6-8-15(3)11-12-26-19-17-10-9-16(22)13-18(17)23(4)21(24)20(19)25-5/h7,9-11,13H,6,8,12,22H2,1-5H3/b15-11+. The maximum Gasteiger partial charge on any atom is 0.297 e. The van der Waals surface area contributed by atoms with E-state index in [9.17, 15) is 4.79 Å². The molecule has 0 amide bonds. The monoisotopic (exact) mass is 356 g/mol. The molecule has 0 atom stereocenters. The summed E-state index contributed by atoms with van der Waals surface area (Å²) in [5, 5.41) is 0.800. The van der Waals surface area contributed by atoms with Crippen LogP contribution < -0.4 is 20.8 Å². The molecule has 140 valence electrons. The van der Waals surface area contributed by atoms with Crippen LogP contribution in [0, 0.1) is 0 Å². The Balaban J connectivity index is 2.30. The predicted molar refractivity (Wildman–Crippen MR) is 108 cm³/mol. The van der Waals surface area contributed by atoms with Gasteiger partial charge in [-0.3, -0.25) is 4.79 Å². The van der Waals surface area contributed by atoms with Gasteiger partial charge in [0.1, 0.15) is 6.61 Å². The van der Waals surface area contributed by atoms with Gasteiger partial charge in [0.15, 0.2) is 5.75 Å². The summed E-state index contributed by atoms with van der Waals surface area (Å²) in [5.74, 6) is 0.666. The molecule has 0 aliphatic heterocycles. The number of hydrogen-bond acceptors (Lipinski definition) is 4. The van der Waals surface area contributed by atoms with Gasteiger partial charge < -0.3 is 19.8 Å². The first kappa shape index (κ1) is 19.6. The molecule has 1 heterocycles. The van der Waals surface area contributed by atoms with Crippen LogP contribution in [-0.4, -0.2) is 18.3 Å². The van der Waals surface area contributed by atoms with Gasteiger partial charge in [-0.2, -0.15) is 0 Å². The van der Waals surface area contributed by atoms with Gasteiger partial charge in [0.05, 0.1) is 12.6 Å². The molecule has 0 saturated heterocycles. The minimum Gasteiger partial charge on any atom is -0.488 e. The van der Waals surface area contributed by atoms with Crippen LogP contribution in [0.3, 0.4) is 0 Å². The molecule has 2 rings (SSSR count). The molecule has 1 aromatic heterocycles. The lowest BCUT2D eigenvalue weighted by Crippen LogP contribution is -2.20. The van der Waals surface area contributed by atoms with Crippen LogP contribution in [0.2, 0.25) is 0 Å². The van der Waals surface area contributed by atoms with Gasteiger partial charge in [0, 0.05) is 18.1 Å². The minimum atomic E-state index is -0.246. The smallest absolute Gasteiger partial charge is 0.297 e. The molecule has 0 aliphatic rings. The van der Waals surface area contributed by atoms with Crippen molar-refractivity contribution in [1.82, 2.24) is 4.57 Å². The second-order valence-corrected chi connectivity index (χ2v) is 6.68. The third-order valence-electron chi connectivity index (χ3n) is 4.29. The average molecular weight is 356 g/mol. The Hall–Kier alpha value is -2.69. The van der Waals surface area contributed by atoms with Crippen molar-refractivity contribution >= 4 is 16.6 Å². The van der Waals surface area contributed by atoms with Gasteiger partial charge in [-0.1, -0.05) is 17.2 Å². The summed E-state index contributed by atoms with van der Waals surface area (Å²) in [7, 11) is 3.18. The van der Waals surface area contributed by atoms with Crippen LogP contribution >= 0.6 is 0 Å². The van der Waals surface area contributed by atoms with Crippen LogP contribution in [0.25, 0.3) is 10.9 Å². The van der Waals surface area contributed by atoms with Crippen molar-refractivity contribution in [2.75, 3.05) is 19.5 Å². The number of nitrogen functional groups attached to an aromatic ring is 1. The van der Waals surface area contributed by atoms with E-state index in [1.54, 1.807) is 19.2 Å². The third-order valence-corrected chi connectivity index (χ3v) is 4.29. The number of nitrogens with zero attached hydrogens (tertiary/aromatic N) is 1. The summed E-state index contributed by atoms with van der Waals surface area (Å²) in [6, 6.07) is 5.41. The van der Waals surface area contributed by atoms with Crippen LogP contribution in [-0.2, 0) is 7.05 Å². The van der Waals surface area contributed by atoms with E-state index in [1.165, 1.54) is 22.8 Å². The Morgan fingerprint density at radius 3 is 2.58 bits per heavy atom. The highest BCUT2D eigenvalue weighted by Crippen LogP contribution is 2.33. The molecule has 0 spiro atoms. The quantitative estimate of drug-likeness (QED) is 0.596. The van der Waals surface area contributed by atoms with Crippen LogP contribution in [0.1, 0.15) is 33.6 Å². The second kappa shape index (κ2) is 8.61. The molecular weight excluding hydrogens is 328 g/mol. The lowest BCUT2D eigenvalue weighted by atomic mass is 10.1. The van der Waals surface area contributed by atoms with Crippen molar-refractivity contribution in [3.05, 3.63) is 51.9 Å². The molecule has 1 aromatic carbocycles. The number of ether oxygens (including phenoxy) is 2. The normalized spacial score (nSPS) is 11.5. The fourth-order valence-electron chi connectivity index (χ4n) is 2.78. The van der Waals surface area contributed by atoms with E-state index in [4.69, 9.17) is 15.2 Å². The molecule has 2 aromatic rings. The number of methoxy groups -OCH3 is 1. The summed E-state index contributed by atoms with van der Waals surface area (Å²) in [6.45, 7) is 6.66. The summed E-state index contributed by atoms with van der Waals surface area (Å²) >= 11 is 0. The number of hydrogen-bond donors (Lipinski definition) is 1. The van der Waals surface area contributed by atoms with Crippen molar-refractivity contribution < 1.29 is 9.47 Å². The number of aryl methyl sites for hydroxylation is 1. The Morgan fingerprint density at radius 2 is 1.92 bits per heavy atom. The molecule has 26 heavy (non-hydrogen) atoms. The van der Waals surface area contributed by atoms with Crippen LogP contribution in [0.4, 0.5) is 5.69 Å². The van der Waals surface area contributed by atoms with E-state index < -0.39 is 0 Å². The molecule has 5 nitrogen and oxygen atoms in total. The summed E-state index contributed by atoms with van der Waals surface area (Å²) in [4.78, 5) is 12.5. The van der Waals surface area contributed by atoms with E-state index in [1.807, 2.05) is 12.1 Å². The Bertz CT molecular complexity index is 904. The van der Waals surface area contributed by atoms with Crippen LogP contribution in [0.5, 0.6) is 11.5 Å². The van der Waals surface area contributed by atoms with Gasteiger partial charge in [-0.05, 0) is 57.9 Å².